The van der Waals surface area contributed by atoms with Crippen LogP contribution in [0.1, 0.15) is 23.2 Å². The Balaban J connectivity index is 2.01. The Bertz CT molecular complexity index is 484. The third-order valence-electron chi connectivity index (χ3n) is 3.14. The van der Waals surface area contributed by atoms with Gasteiger partial charge >= 0.3 is 6.09 Å². The summed E-state index contributed by atoms with van der Waals surface area (Å²) in [6.45, 7) is 0.883. The maximum atomic E-state index is 11.0. The summed E-state index contributed by atoms with van der Waals surface area (Å²) in [6, 6.07) is 5.04. The van der Waals surface area contributed by atoms with Crippen molar-refractivity contribution in [3.05, 3.63) is 28.8 Å². The highest BCUT2D eigenvalue weighted by atomic mass is 35.5. The van der Waals surface area contributed by atoms with Gasteiger partial charge in [0.15, 0.2) is 6.29 Å². The van der Waals surface area contributed by atoms with E-state index >= 15 is 0 Å². The van der Waals surface area contributed by atoms with E-state index in [0.717, 1.165) is 0 Å². The molecule has 1 aliphatic heterocycles. The summed E-state index contributed by atoms with van der Waals surface area (Å²) in [5, 5.41) is 9.21. The van der Waals surface area contributed by atoms with Gasteiger partial charge in [0.1, 0.15) is 11.9 Å². The van der Waals surface area contributed by atoms with Gasteiger partial charge in [-0.3, -0.25) is 4.79 Å². The first-order valence-corrected chi connectivity index (χ1v) is 6.38. The molecule has 1 amide bonds. The maximum absolute atomic E-state index is 11.0. The number of halogens is 1. The molecule has 0 unspecified atom stereocenters. The fraction of sp³-hybridized carbons (Fsp3) is 0.385. The van der Waals surface area contributed by atoms with Gasteiger partial charge in [0.05, 0.1) is 10.6 Å². The Labute approximate surface area is 115 Å². The molecule has 0 atom stereocenters. The van der Waals surface area contributed by atoms with Crippen molar-refractivity contribution in [3.8, 4) is 5.75 Å². The summed E-state index contributed by atoms with van der Waals surface area (Å²) in [5.41, 5.74) is 0.338. The molecular weight excluding hydrogens is 270 g/mol. The first kappa shape index (κ1) is 13.7. The number of carboxylic acid groups (broad SMARTS) is 1. The Morgan fingerprint density at radius 1 is 1.42 bits per heavy atom. The first-order valence-electron chi connectivity index (χ1n) is 6.00. The summed E-state index contributed by atoms with van der Waals surface area (Å²) in [6.07, 6.45) is 0.890. The second-order valence-electron chi connectivity index (χ2n) is 4.36. The van der Waals surface area contributed by atoms with E-state index in [0.29, 0.717) is 48.6 Å². The average Bonchev–Trinajstić information content (AvgIpc) is 2.39. The summed E-state index contributed by atoms with van der Waals surface area (Å²) in [5.74, 6) is 0.455. The number of aldehydes is 1. The van der Waals surface area contributed by atoms with E-state index < -0.39 is 6.09 Å². The predicted molar refractivity (Wildman–Crippen MR) is 70.1 cm³/mol. The number of carbonyl (C=O) groups excluding carboxylic acids is 1. The molecule has 1 aromatic rings. The lowest BCUT2D eigenvalue weighted by Crippen LogP contribution is -2.41. The van der Waals surface area contributed by atoms with Gasteiger partial charge in [-0.1, -0.05) is 17.7 Å². The van der Waals surface area contributed by atoms with Gasteiger partial charge in [0.2, 0.25) is 0 Å². The molecule has 0 bridgehead atoms. The monoisotopic (exact) mass is 283 g/mol. The topological polar surface area (TPSA) is 66.8 Å². The number of rotatable bonds is 3. The number of ether oxygens (including phenoxy) is 1. The Hall–Kier alpha value is -1.75. The van der Waals surface area contributed by atoms with E-state index in [1.54, 1.807) is 18.2 Å². The van der Waals surface area contributed by atoms with E-state index in [1.807, 2.05) is 0 Å². The van der Waals surface area contributed by atoms with Crippen LogP contribution in [0.15, 0.2) is 18.2 Å². The van der Waals surface area contributed by atoms with Crippen molar-refractivity contribution in [1.82, 2.24) is 4.90 Å². The van der Waals surface area contributed by atoms with Crippen LogP contribution in [0.4, 0.5) is 4.79 Å². The zero-order chi connectivity index (χ0) is 13.8. The number of hydrogen-bond donors (Lipinski definition) is 1. The summed E-state index contributed by atoms with van der Waals surface area (Å²) in [7, 11) is 0. The van der Waals surface area contributed by atoms with Crippen LogP contribution in [0.25, 0.3) is 0 Å². The van der Waals surface area contributed by atoms with Crippen molar-refractivity contribution in [1.29, 1.82) is 0 Å². The largest absolute Gasteiger partial charge is 0.489 e. The average molecular weight is 284 g/mol. The normalized spacial score (nSPS) is 16.2. The predicted octanol–water partition coefficient (Wildman–Crippen LogP) is 2.67. The quantitative estimate of drug-likeness (QED) is 0.866. The molecule has 1 aromatic carbocycles. The van der Waals surface area contributed by atoms with Crippen LogP contribution >= 0.6 is 11.6 Å². The SMILES string of the molecule is O=Cc1c(Cl)cccc1OC1CCN(C(=O)O)CC1. The Morgan fingerprint density at radius 3 is 2.68 bits per heavy atom. The van der Waals surface area contributed by atoms with Crippen molar-refractivity contribution in [2.24, 2.45) is 0 Å². The number of carbonyl (C=O) groups is 2. The molecule has 2 rings (SSSR count). The zero-order valence-corrected chi connectivity index (χ0v) is 11.0. The molecular formula is C13H14ClNO4. The van der Waals surface area contributed by atoms with Crippen molar-refractivity contribution in [3.63, 3.8) is 0 Å². The van der Waals surface area contributed by atoms with Gasteiger partial charge in [-0.25, -0.2) is 4.79 Å². The Kier molecular flexibility index (Phi) is 4.27. The van der Waals surface area contributed by atoms with Crippen LogP contribution < -0.4 is 4.74 Å². The van der Waals surface area contributed by atoms with Gasteiger partial charge in [0, 0.05) is 25.9 Å². The minimum atomic E-state index is -0.908. The van der Waals surface area contributed by atoms with Crippen LogP contribution in [-0.4, -0.2) is 41.6 Å². The summed E-state index contributed by atoms with van der Waals surface area (Å²) < 4.78 is 5.75. The van der Waals surface area contributed by atoms with Gasteiger partial charge in [0.25, 0.3) is 0 Å². The van der Waals surface area contributed by atoms with Gasteiger partial charge in [-0.2, -0.15) is 0 Å². The molecule has 0 aromatic heterocycles. The van der Waals surface area contributed by atoms with E-state index in [4.69, 9.17) is 21.4 Å². The molecule has 1 aliphatic rings. The van der Waals surface area contributed by atoms with Crippen molar-refractivity contribution >= 4 is 24.0 Å². The Morgan fingerprint density at radius 2 is 2.11 bits per heavy atom. The highest BCUT2D eigenvalue weighted by molar-refractivity contribution is 6.33. The van der Waals surface area contributed by atoms with Crippen molar-refractivity contribution in [2.45, 2.75) is 18.9 Å². The van der Waals surface area contributed by atoms with Crippen LogP contribution in [0.5, 0.6) is 5.75 Å². The molecule has 1 N–H and O–H groups in total. The molecule has 0 radical (unpaired) electrons. The highest BCUT2D eigenvalue weighted by Gasteiger charge is 2.24. The molecule has 102 valence electrons. The molecule has 0 spiro atoms. The second-order valence-corrected chi connectivity index (χ2v) is 4.76. The summed E-state index contributed by atoms with van der Waals surface area (Å²) in [4.78, 5) is 23.1. The molecule has 1 fully saturated rings. The van der Waals surface area contributed by atoms with E-state index in [-0.39, 0.29) is 6.10 Å². The van der Waals surface area contributed by atoms with Crippen LogP contribution in [0, 0.1) is 0 Å². The zero-order valence-electron chi connectivity index (χ0n) is 10.2. The molecule has 5 nitrogen and oxygen atoms in total. The molecule has 1 saturated heterocycles. The van der Waals surface area contributed by atoms with Crippen molar-refractivity contribution in [2.75, 3.05) is 13.1 Å². The van der Waals surface area contributed by atoms with Crippen LogP contribution in [0.2, 0.25) is 5.02 Å². The third kappa shape index (κ3) is 3.17. The number of likely N-dealkylation sites (tertiary alicyclic amines) is 1. The molecule has 0 aliphatic carbocycles. The van der Waals surface area contributed by atoms with E-state index in [1.165, 1.54) is 4.90 Å². The molecule has 6 heteroatoms. The lowest BCUT2D eigenvalue weighted by molar-refractivity contribution is 0.0886. The van der Waals surface area contributed by atoms with Gasteiger partial charge in [-0.15, -0.1) is 0 Å². The van der Waals surface area contributed by atoms with Crippen LogP contribution in [0.3, 0.4) is 0 Å². The number of nitrogens with zero attached hydrogens (tertiary/aromatic N) is 1. The van der Waals surface area contributed by atoms with Crippen molar-refractivity contribution < 1.29 is 19.4 Å². The molecule has 1 heterocycles. The number of amides is 1. The fourth-order valence-corrected chi connectivity index (χ4v) is 2.29. The smallest absolute Gasteiger partial charge is 0.407 e. The minimum absolute atomic E-state index is 0.0900. The maximum Gasteiger partial charge on any atom is 0.407 e. The lowest BCUT2D eigenvalue weighted by atomic mass is 10.1. The number of benzene rings is 1. The number of piperidine rings is 1. The van der Waals surface area contributed by atoms with E-state index in [9.17, 15) is 9.59 Å². The first-order chi connectivity index (χ1) is 9.11. The molecule has 0 saturated carbocycles. The van der Waals surface area contributed by atoms with Gasteiger partial charge < -0.3 is 14.7 Å². The second kappa shape index (κ2) is 5.93. The minimum Gasteiger partial charge on any atom is -0.489 e. The summed E-state index contributed by atoms with van der Waals surface area (Å²) >= 11 is 5.91. The molecule has 19 heavy (non-hydrogen) atoms. The third-order valence-corrected chi connectivity index (χ3v) is 3.47. The van der Waals surface area contributed by atoms with Gasteiger partial charge in [-0.05, 0) is 12.1 Å². The fourth-order valence-electron chi connectivity index (χ4n) is 2.08. The standard InChI is InChI=1S/C13H14ClNO4/c14-11-2-1-3-12(10(11)8-16)19-9-4-6-15(7-5-9)13(17)18/h1-3,8-9H,4-7H2,(H,17,18). The van der Waals surface area contributed by atoms with Crippen LogP contribution in [-0.2, 0) is 0 Å². The number of hydrogen-bond acceptors (Lipinski definition) is 3. The highest BCUT2D eigenvalue weighted by Crippen LogP contribution is 2.27. The van der Waals surface area contributed by atoms with E-state index in [2.05, 4.69) is 0 Å². The lowest BCUT2D eigenvalue weighted by Gasteiger charge is -2.30.